The lowest BCUT2D eigenvalue weighted by molar-refractivity contribution is 0.00576. The van der Waals surface area contributed by atoms with Gasteiger partial charge < -0.3 is 18.9 Å². The average molecular weight is 759 g/mol. The van der Waals surface area contributed by atoms with Crippen LogP contribution in [0.15, 0.2) is 52.4 Å². The van der Waals surface area contributed by atoms with Crippen molar-refractivity contribution in [2.45, 2.75) is 77.4 Å². The second kappa shape index (κ2) is 13.9. The van der Waals surface area contributed by atoms with E-state index in [0.717, 1.165) is 10.6 Å². The zero-order valence-electron chi connectivity index (χ0n) is 29.7. The number of para-hydroxylation sites is 1. The molecule has 5 aromatic rings. The summed E-state index contributed by atoms with van der Waals surface area (Å²) in [6.45, 7) is 13.0. The Morgan fingerprint density at radius 3 is 2.45 bits per heavy atom. The molecule has 0 bridgehead atoms. The van der Waals surface area contributed by atoms with E-state index in [0.29, 0.717) is 47.4 Å². The average Bonchev–Trinajstić information content (AvgIpc) is 3.67. The Morgan fingerprint density at radius 1 is 1.10 bits per heavy atom. The molecule has 5 heterocycles. The Labute approximate surface area is 305 Å². The fourth-order valence-corrected chi connectivity index (χ4v) is 7.62. The lowest BCUT2D eigenvalue weighted by atomic mass is 10.0. The van der Waals surface area contributed by atoms with Crippen molar-refractivity contribution in [3.63, 3.8) is 0 Å². The van der Waals surface area contributed by atoms with Gasteiger partial charge in [0.1, 0.15) is 24.2 Å². The molecule has 1 aliphatic heterocycles. The van der Waals surface area contributed by atoms with Gasteiger partial charge in [-0.3, -0.25) is 14.0 Å². The molecule has 16 heteroatoms. The molecule has 1 amide bonds. The van der Waals surface area contributed by atoms with Gasteiger partial charge in [0.2, 0.25) is 0 Å². The first-order valence-corrected chi connectivity index (χ1v) is 21.2. The fourth-order valence-electron chi connectivity index (χ4n) is 6.29. The van der Waals surface area contributed by atoms with Gasteiger partial charge in [0, 0.05) is 51.6 Å². The number of aromatic nitrogens is 6. The van der Waals surface area contributed by atoms with Gasteiger partial charge in [0.15, 0.2) is 0 Å². The summed E-state index contributed by atoms with van der Waals surface area (Å²) in [4.78, 5) is 46.5. The smallest absolute Gasteiger partial charge is 0.410 e. The van der Waals surface area contributed by atoms with Crippen molar-refractivity contribution < 1.29 is 18.7 Å². The van der Waals surface area contributed by atoms with Gasteiger partial charge in [-0.15, -0.1) is 0 Å². The number of nitrogens with zero attached hydrogens (tertiary/aromatic N) is 7. The van der Waals surface area contributed by atoms with Crippen molar-refractivity contribution in [1.29, 1.82) is 0 Å². The predicted octanol–water partition coefficient (Wildman–Crippen LogP) is 7.04. The summed E-state index contributed by atoms with van der Waals surface area (Å²) in [6.07, 6.45) is 3.29. The van der Waals surface area contributed by atoms with Gasteiger partial charge in [-0.05, 0) is 51.4 Å². The zero-order valence-corrected chi connectivity index (χ0v) is 32.3. The quantitative estimate of drug-likeness (QED) is 0.123. The number of piperidine rings is 1. The minimum atomic E-state index is -1.38. The van der Waals surface area contributed by atoms with Crippen LogP contribution in [0.1, 0.15) is 33.2 Å². The first-order valence-electron chi connectivity index (χ1n) is 16.8. The first kappa shape index (κ1) is 36.8. The van der Waals surface area contributed by atoms with Crippen LogP contribution >= 0.6 is 23.2 Å². The van der Waals surface area contributed by atoms with Gasteiger partial charge in [0.25, 0.3) is 5.56 Å². The number of fused-ring (bicyclic) bond motifs is 3. The summed E-state index contributed by atoms with van der Waals surface area (Å²) in [5.41, 5.74) is 0.373. The summed E-state index contributed by atoms with van der Waals surface area (Å²) in [6, 6.07) is 6.95. The lowest BCUT2D eigenvalue weighted by Gasteiger charge is -2.35. The largest absolute Gasteiger partial charge is 0.444 e. The van der Waals surface area contributed by atoms with E-state index < -0.39 is 43.2 Å². The highest BCUT2D eigenvalue weighted by atomic mass is 35.5. The number of halogens is 3. The van der Waals surface area contributed by atoms with Gasteiger partial charge in [-0.25, -0.2) is 23.5 Å². The molecule has 0 saturated carbocycles. The molecule has 1 aromatic carbocycles. The molecule has 1 saturated heterocycles. The highest BCUT2D eigenvalue weighted by molar-refractivity contribution is 6.76. The Hall–Kier alpha value is -3.98. The maximum absolute atomic E-state index is 15.6. The minimum Gasteiger partial charge on any atom is -0.444 e. The van der Waals surface area contributed by atoms with Crippen molar-refractivity contribution in [2.75, 3.05) is 19.7 Å². The number of carbonyl (C=O) groups is 1. The van der Waals surface area contributed by atoms with Crippen LogP contribution in [0.25, 0.3) is 38.9 Å². The SMILES string of the molecule is Cn1c(=O)n(-c2c(Cl)cccc2Cl)c(=O)c2cnc3c(cc(-c4cnn([C@@H]5CCN(C(=O)OC(C)(C)C)C[C@H]5F)c4)n3COCC[Si](C)(C)C)c21. The van der Waals surface area contributed by atoms with Crippen LogP contribution < -0.4 is 11.2 Å². The maximum atomic E-state index is 15.6. The second-order valence-corrected chi connectivity index (χ2v) is 21.6. The summed E-state index contributed by atoms with van der Waals surface area (Å²) in [7, 11) is 0.199. The molecule has 12 nitrogen and oxygen atoms in total. The van der Waals surface area contributed by atoms with Crippen LogP contribution in [0.5, 0.6) is 0 Å². The van der Waals surface area contributed by atoms with E-state index in [9.17, 15) is 14.4 Å². The topological polar surface area (TPSA) is 118 Å². The molecule has 4 aromatic heterocycles. The lowest BCUT2D eigenvalue weighted by Crippen LogP contribution is -2.47. The van der Waals surface area contributed by atoms with Crippen molar-refractivity contribution in [1.82, 2.24) is 33.4 Å². The maximum Gasteiger partial charge on any atom is 0.410 e. The normalized spacial score (nSPS) is 17.1. The third-order valence-corrected chi connectivity index (χ3v) is 11.2. The number of likely N-dealkylation sites (tertiary alicyclic amines) is 1. The number of hydrogen-bond acceptors (Lipinski definition) is 7. The number of alkyl halides is 1. The van der Waals surface area contributed by atoms with Gasteiger partial charge in [0.05, 0.1) is 51.1 Å². The zero-order chi connectivity index (χ0) is 37.0. The van der Waals surface area contributed by atoms with E-state index in [4.69, 9.17) is 37.7 Å². The third kappa shape index (κ3) is 7.37. The Morgan fingerprint density at radius 2 is 1.80 bits per heavy atom. The molecule has 0 N–H and O–H groups in total. The van der Waals surface area contributed by atoms with Crippen LogP contribution in [-0.2, 0) is 23.3 Å². The Bertz CT molecular complexity index is 2230. The summed E-state index contributed by atoms with van der Waals surface area (Å²) in [5.74, 6) is 0. The molecule has 0 radical (unpaired) electrons. The van der Waals surface area contributed by atoms with Gasteiger partial charge >= 0.3 is 11.8 Å². The Kier molecular flexibility index (Phi) is 10.0. The van der Waals surface area contributed by atoms with E-state index in [1.54, 1.807) is 63.1 Å². The standard InChI is InChI=1S/C35H42Cl2FN7O5Si/c1-35(2,3)50-34(48)42-12-11-27(26(38)19-42)44-18-21(16-40-44)28-15-22-29-23(17-39-31(22)43(28)20-49-13-14-51(5,6)7)32(46)45(33(47)41(29)4)30-24(36)9-8-10-25(30)37/h8-10,15-18,26-27H,11-14,19-20H2,1-7H3/t26-,27-/m1/s1. The minimum absolute atomic E-state index is 0.0954. The molecule has 2 atom stereocenters. The molecule has 272 valence electrons. The fraction of sp³-hybridized carbons (Fsp3) is 0.457. The van der Waals surface area contributed by atoms with Crippen LogP contribution in [0.2, 0.25) is 35.7 Å². The van der Waals surface area contributed by atoms with Crippen molar-refractivity contribution in [2.24, 2.45) is 7.05 Å². The number of pyridine rings is 1. The van der Waals surface area contributed by atoms with E-state index in [2.05, 4.69) is 24.7 Å². The highest BCUT2D eigenvalue weighted by Gasteiger charge is 2.35. The van der Waals surface area contributed by atoms with Gasteiger partial charge in [-0.1, -0.05) is 48.9 Å². The number of benzene rings is 1. The number of aryl methyl sites for hydroxylation is 1. The number of rotatable bonds is 8. The summed E-state index contributed by atoms with van der Waals surface area (Å²) >= 11 is 12.8. The molecule has 6 rings (SSSR count). The number of carbonyl (C=O) groups excluding carboxylic acids is 1. The number of amides is 1. The molecule has 51 heavy (non-hydrogen) atoms. The molecule has 1 aliphatic rings. The van der Waals surface area contributed by atoms with Crippen molar-refractivity contribution >= 4 is 59.3 Å². The van der Waals surface area contributed by atoms with Crippen LogP contribution in [0.3, 0.4) is 0 Å². The van der Waals surface area contributed by atoms with Crippen LogP contribution in [-0.4, -0.2) is 79.0 Å². The summed E-state index contributed by atoms with van der Waals surface area (Å²) in [5, 5.41) is 5.59. The van der Waals surface area contributed by atoms with E-state index in [1.807, 2.05) is 10.6 Å². The number of ether oxygens (including phenoxy) is 2. The first-order chi connectivity index (χ1) is 23.9. The molecular weight excluding hydrogens is 716 g/mol. The third-order valence-electron chi connectivity index (χ3n) is 8.92. The predicted molar refractivity (Wildman–Crippen MR) is 200 cm³/mol. The number of hydrogen-bond donors (Lipinski definition) is 0. The molecule has 1 fully saturated rings. The van der Waals surface area contributed by atoms with Crippen LogP contribution in [0, 0.1) is 0 Å². The Balaban J connectivity index is 1.42. The van der Waals surface area contributed by atoms with Crippen LogP contribution in [0.4, 0.5) is 9.18 Å². The molecular formula is C35H42Cl2FN7O5Si. The summed E-state index contributed by atoms with van der Waals surface area (Å²) < 4.78 is 33.1. The second-order valence-electron chi connectivity index (χ2n) is 15.1. The van der Waals surface area contributed by atoms with E-state index in [-0.39, 0.29) is 34.4 Å². The van der Waals surface area contributed by atoms with Crippen molar-refractivity contribution in [3.8, 4) is 16.9 Å². The monoisotopic (exact) mass is 757 g/mol. The van der Waals surface area contributed by atoms with Crippen molar-refractivity contribution in [3.05, 3.63) is 73.7 Å². The van der Waals surface area contributed by atoms with E-state index >= 15 is 4.39 Å². The molecule has 0 spiro atoms. The van der Waals surface area contributed by atoms with Gasteiger partial charge in [-0.2, -0.15) is 5.10 Å². The van der Waals surface area contributed by atoms with E-state index in [1.165, 1.54) is 15.7 Å². The highest BCUT2D eigenvalue weighted by Crippen LogP contribution is 2.34. The molecule has 0 unspecified atom stereocenters. The molecule has 0 aliphatic carbocycles.